The van der Waals surface area contributed by atoms with Gasteiger partial charge in [0, 0.05) is 66.8 Å². The van der Waals surface area contributed by atoms with Gasteiger partial charge in [0.1, 0.15) is 11.5 Å². The van der Waals surface area contributed by atoms with Crippen LogP contribution in [0.1, 0.15) is 22.6 Å². The van der Waals surface area contributed by atoms with Crippen LogP contribution >= 0.6 is 0 Å². The van der Waals surface area contributed by atoms with Crippen LogP contribution in [0, 0.1) is 6.92 Å². The summed E-state index contributed by atoms with van der Waals surface area (Å²) >= 11 is 0. The molecule has 0 saturated carbocycles. The van der Waals surface area contributed by atoms with Gasteiger partial charge in [0.15, 0.2) is 5.82 Å². The lowest BCUT2D eigenvalue weighted by molar-refractivity contribution is 0.844. The van der Waals surface area contributed by atoms with Crippen molar-refractivity contribution in [2.24, 2.45) is 0 Å². The first-order chi connectivity index (χ1) is 17.3. The highest BCUT2D eigenvalue weighted by Crippen LogP contribution is 2.29. The topological polar surface area (TPSA) is 80.9 Å². The predicted molar refractivity (Wildman–Crippen MR) is 137 cm³/mol. The standard InChI is InChI=1S/C28H23N7/c1-19-16-26-31-14-15-35(26)18-24(19)28-33-25-5-3-2-4-22(25)27(34-28)32-17-23(20-6-10-29-11-7-20)21-8-12-30-13-9-21/h2-16,18,23H,17H2,1H3,(H,32,33,34). The van der Waals surface area contributed by atoms with E-state index in [0.717, 1.165) is 33.5 Å². The van der Waals surface area contributed by atoms with Gasteiger partial charge in [-0.15, -0.1) is 0 Å². The number of rotatable bonds is 6. The second-order valence-electron chi connectivity index (χ2n) is 8.47. The number of aromatic nitrogens is 6. The monoisotopic (exact) mass is 457 g/mol. The predicted octanol–water partition coefficient (Wildman–Crippen LogP) is 5.29. The third-order valence-corrected chi connectivity index (χ3v) is 6.27. The summed E-state index contributed by atoms with van der Waals surface area (Å²) in [6.07, 6.45) is 13.1. The number of imidazole rings is 1. The van der Waals surface area contributed by atoms with E-state index >= 15 is 0 Å². The Morgan fingerprint density at radius 3 is 2.31 bits per heavy atom. The van der Waals surface area contributed by atoms with Crippen molar-refractivity contribution in [3.05, 3.63) is 115 Å². The van der Waals surface area contributed by atoms with Crippen LogP contribution in [0.25, 0.3) is 27.9 Å². The molecule has 0 bridgehead atoms. The second kappa shape index (κ2) is 8.95. The van der Waals surface area contributed by atoms with Gasteiger partial charge in [0.2, 0.25) is 0 Å². The number of fused-ring (bicyclic) bond motifs is 2. The van der Waals surface area contributed by atoms with Crippen LogP contribution in [0.4, 0.5) is 5.82 Å². The quantitative estimate of drug-likeness (QED) is 0.366. The smallest absolute Gasteiger partial charge is 0.163 e. The molecule has 0 saturated heterocycles. The molecule has 0 amide bonds. The molecule has 5 aromatic heterocycles. The van der Waals surface area contributed by atoms with Crippen LogP contribution in [-0.4, -0.2) is 35.9 Å². The molecule has 0 spiro atoms. The summed E-state index contributed by atoms with van der Waals surface area (Å²) in [6, 6.07) is 18.4. The van der Waals surface area contributed by atoms with Crippen molar-refractivity contribution < 1.29 is 0 Å². The number of para-hydroxylation sites is 1. The maximum atomic E-state index is 5.00. The molecule has 0 aliphatic heterocycles. The number of benzene rings is 1. The molecular weight excluding hydrogens is 434 g/mol. The summed E-state index contributed by atoms with van der Waals surface area (Å²) in [5.74, 6) is 1.61. The minimum atomic E-state index is 0.113. The first kappa shape index (κ1) is 20.9. The van der Waals surface area contributed by atoms with Gasteiger partial charge in [0.25, 0.3) is 0 Å². The first-order valence-electron chi connectivity index (χ1n) is 11.5. The van der Waals surface area contributed by atoms with E-state index in [1.165, 1.54) is 11.1 Å². The van der Waals surface area contributed by atoms with Crippen molar-refractivity contribution in [2.75, 3.05) is 11.9 Å². The highest BCUT2D eigenvalue weighted by molar-refractivity contribution is 5.90. The minimum absolute atomic E-state index is 0.113. The first-order valence-corrected chi connectivity index (χ1v) is 11.5. The van der Waals surface area contributed by atoms with Crippen LogP contribution < -0.4 is 5.32 Å². The molecule has 0 radical (unpaired) electrons. The maximum absolute atomic E-state index is 5.00. The summed E-state index contributed by atoms with van der Waals surface area (Å²) in [5.41, 5.74) is 6.22. The van der Waals surface area contributed by atoms with E-state index in [0.29, 0.717) is 12.4 Å². The second-order valence-corrected chi connectivity index (χ2v) is 8.47. The number of hydrogen-bond acceptors (Lipinski definition) is 6. The van der Waals surface area contributed by atoms with Crippen LogP contribution in [0.2, 0.25) is 0 Å². The average molecular weight is 458 g/mol. The number of aryl methyl sites for hydroxylation is 1. The molecule has 0 aliphatic rings. The maximum Gasteiger partial charge on any atom is 0.163 e. The molecule has 0 unspecified atom stereocenters. The Hall–Kier alpha value is -4.65. The summed E-state index contributed by atoms with van der Waals surface area (Å²) in [6.45, 7) is 2.73. The fourth-order valence-corrected chi connectivity index (χ4v) is 4.44. The van der Waals surface area contributed by atoms with Gasteiger partial charge in [-0.3, -0.25) is 9.97 Å². The lowest BCUT2D eigenvalue weighted by Gasteiger charge is -2.20. The van der Waals surface area contributed by atoms with Crippen molar-refractivity contribution in [3.63, 3.8) is 0 Å². The molecule has 7 nitrogen and oxygen atoms in total. The Kier molecular flexibility index (Phi) is 5.35. The molecule has 170 valence electrons. The van der Waals surface area contributed by atoms with E-state index in [4.69, 9.17) is 9.97 Å². The zero-order valence-corrected chi connectivity index (χ0v) is 19.2. The van der Waals surface area contributed by atoms with Gasteiger partial charge in [-0.25, -0.2) is 15.0 Å². The Bertz CT molecular complexity index is 1570. The highest BCUT2D eigenvalue weighted by Gasteiger charge is 2.17. The van der Waals surface area contributed by atoms with Gasteiger partial charge < -0.3 is 9.72 Å². The van der Waals surface area contributed by atoms with Gasteiger partial charge in [-0.1, -0.05) is 12.1 Å². The van der Waals surface area contributed by atoms with Gasteiger partial charge in [-0.2, -0.15) is 0 Å². The average Bonchev–Trinajstić information content (AvgIpc) is 3.36. The normalized spacial score (nSPS) is 11.4. The van der Waals surface area contributed by atoms with Gasteiger partial charge in [-0.05, 0) is 66.1 Å². The number of hydrogen-bond donors (Lipinski definition) is 1. The zero-order valence-electron chi connectivity index (χ0n) is 19.2. The lowest BCUT2D eigenvalue weighted by atomic mass is 9.92. The van der Waals surface area contributed by atoms with E-state index < -0.39 is 0 Å². The molecule has 0 fully saturated rings. The van der Waals surface area contributed by atoms with Gasteiger partial charge >= 0.3 is 0 Å². The fraction of sp³-hybridized carbons (Fsp3) is 0.107. The molecule has 6 aromatic rings. The van der Waals surface area contributed by atoms with Crippen molar-refractivity contribution >= 4 is 22.4 Å². The molecule has 1 N–H and O–H groups in total. The molecular formula is C28H23N7. The van der Waals surface area contributed by atoms with E-state index in [2.05, 4.69) is 63.6 Å². The number of pyridine rings is 3. The molecule has 35 heavy (non-hydrogen) atoms. The van der Waals surface area contributed by atoms with E-state index in [1.807, 2.05) is 59.8 Å². The van der Waals surface area contributed by atoms with Crippen molar-refractivity contribution in [1.82, 2.24) is 29.3 Å². The highest BCUT2D eigenvalue weighted by atomic mass is 15.0. The Balaban J connectivity index is 1.42. The van der Waals surface area contributed by atoms with E-state index in [-0.39, 0.29) is 5.92 Å². The Labute approximate surface area is 202 Å². The lowest BCUT2D eigenvalue weighted by Crippen LogP contribution is -2.15. The molecule has 5 heterocycles. The van der Waals surface area contributed by atoms with Crippen LogP contribution in [0.5, 0.6) is 0 Å². The van der Waals surface area contributed by atoms with Gasteiger partial charge in [0.05, 0.1) is 5.52 Å². The number of nitrogens with one attached hydrogen (secondary N) is 1. The Morgan fingerprint density at radius 2 is 1.57 bits per heavy atom. The van der Waals surface area contributed by atoms with Crippen LogP contribution in [-0.2, 0) is 0 Å². The molecule has 7 heteroatoms. The molecule has 0 aliphatic carbocycles. The summed E-state index contributed by atoms with van der Waals surface area (Å²) in [5, 5.41) is 4.62. The number of anilines is 1. The molecule has 1 aromatic carbocycles. The summed E-state index contributed by atoms with van der Waals surface area (Å²) < 4.78 is 2.00. The number of nitrogens with zero attached hydrogens (tertiary/aromatic N) is 6. The minimum Gasteiger partial charge on any atom is -0.368 e. The van der Waals surface area contributed by atoms with E-state index in [9.17, 15) is 0 Å². The molecule has 0 atom stereocenters. The van der Waals surface area contributed by atoms with Crippen LogP contribution in [0.15, 0.2) is 98.0 Å². The van der Waals surface area contributed by atoms with Crippen molar-refractivity contribution in [3.8, 4) is 11.4 Å². The molecule has 6 rings (SSSR count). The van der Waals surface area contributed by atoms with E-state index in [1.54, 1.807) is 6.20 Å². The van der Waals surface area contributed by atoms with Crippen LogP contribution in [0.3, 0.4) is 0 Å². The summed E-state index contributed by atoms with van der Waals surface area (Å²) in [7, 11) is 0. The summed E-state index contributed by atoms with van der Waals surface area (Å²) in [4.78, 5) is 22.7. The largest absolute Gasteiger partial charge is 0.368 e. The van der Waals surface area contributed by atoms with Crippen molar-refractivity contribution in [2.45, 2.75) is 12.8 Å². The fourth-order valence-electron chi connectivity index (χ4n) is 4.44. The Morgan fingerprint density at radius 1 is 0.857 bits per heavy atom. The van der Waals surface area contributed by atoms with Crippen molar-refractivity contribution in [1.29, 1.82) is 0 Å². The third kappa shape index (κ3) is 4.08. The SMILES string of the molecule is Cc1cc2nccn2cc1-c1nc(NCC(c2ccncc2)c2ccncc2)c2ccccc2n1. The zero-order chi connectivity index (χ0) is 23.6. The third-order valence-electron chi connectivity index (χ3n) is 6.27.